The molecule has 33 heavy (non-hydrogen) atoms. The smallest absolute Gasteiger partial charge is 0.354 e. The summed E-state index contributed by atoms with van der Waals surface area (Å²) in [7, 11) is 0. The molecule has 0 saturated carbocycles. The first-order valence-corrected chi connectivity index (χ1v) is 11.3. The predicted molar refractivity (Wildman–Crippen MR) is 118 cm³/mol. The molecule has 1 atom stereocenters. The number of halogens is 3. The number of aryl methyl sites for hydroxylation is 2. The van der Waals surface area contributed by atoms with Gasteiger partial charge in [0.25, 0.3) is 5.91 Å². The summed E-state index contributed by atoms with van der Waals surface area (Å²) in [6.07, 6.45) is -0.214. The fourth-order valence-corrected chi connectivity index (χ4v) is 4.92. The highest BCUT2D eigenvalue weighted by Crippen LogP contribution is 2.30. The normalized spacial score (nSPS) is 20.8. The van der Waals surface area contributed by atoms with Crippen molar-refractivity contribution in [2.24, 2.45) is 0 Å². The zero-order valence-electron chi connectivity index (χ0n) is 19.1. The van der Waals surface area contributed by atoms with Crippen LogP contribution >= 0.6 is 0 Å². The molecule has 2 fully saturated rings. The van der Waals surface area contributed by atoms with E-state index in [9.17, 15) is 18.0 Å². The molecule has 0 N–H and O–H groups in total. The predicted octanol–water partition coefficient (Wildman–Crippen LogP) is 3.32. The van der Waals surface area contributed by atoms with Gasteiger partial charge < -0.3 is 9.80 Å². The largest absolute Gasteiger partial charge is 0.417 e. The van der Waals surface area contributed by atoms with Crippen LogP contribution in [-0.2, 0) is 6.18 Å². The summed E-state index contributed by atoms with van der Waals surface area (Å²) in [5.74, 6) is 0.570. The minimum absolute atomic E-state index is 0.00436. The topological polar surface area (TPSA) is 65.5 Å². The lowest BCUT2D eigenvalue weighted by molar-refractivity contribution is -0.137. The van der Waals surface area contributed by atoms with Gasteiger partial charge in [0, 0.05) is 51.0 Å². The van der Waals surface area contributed by atoms with Crippen molar-refractivity contribution >= 4 is 11.7 Å². The summed E-state index contributed by atoms with van der Waals surface area (Å²) in [5, 5.41) is 0. The maximum atomic E-state index is 13.0. The average molecular weight is 463 g/mol. The van der Waals surface area contributed by atoms with E-state index in [-0.39, 0.29) is 11.9 Å². The van der Waals surface area contributed by atoms with Crippen LogP contribution < -0.4 is 4.90 Å². The lowest BCUT2D eigenvalue weighted by atomic mass is 9.98. The molecule has 2 saturated heterocycles. The number of alkyl halides is 3. The van der Waals surface area contributed by atoms with Gasteiger partial charge >= 0.3 is 6.18 Å². The third kappa shape index (κ3) is 4.95. The summed E-state index contributed by atoms with van der Waals surface area (Å²) in [6.45, 7) is 9.41. The van der Waals surface area contributed by atoms with E-state index in [1.165, 1.54) is 12.4 Å². The van der Waals surface area contributed by atoms with Crippen LogP contribution in [-0.4, -0.2) is 75.5 Å². The summed E-state index contributed by atoms with van der Waals surface area (Å²) in [5.41, 5.74) is 1.28. The summed E-state index contributed by atoms with van der Waals surface area (Å²) in [6, 6.07) is 3.16. The van der Waals surface area contributed by atoms with Gasteiger partial charge in [0.1, 0.15) is 12.1 Å². The van der Waals surface area contributed by atoms with Crippen LogP contribution in [0.4, 0.5) is 19.0 Å². The molecular weight excluding hydrogens is 433 g/mol. The highest BCUT2D eigenvalue weighted by Gasteiger charge is 2.35. The van der Waals surface area contributed by atoms with Gasteiger partial charge in [-0.2, -0.15) is 13.2 Å². The molecular formula is C23H29F3N6O. The van der Waals surface area contributed by atoms with Gasteiger partial charge in [0.15, 0.2) is 0 Å². The number of hydrogen-bond donors (Lipinski definition) is 0. The fourth-order valence-electron chi connectivity index (χ4n) is 4.92. The SMILES string of the molecule is Cc1ncnc(C)c1C(=O)N1CCC(N2CCN(c3ccc(C(F)(F)F)cn3)C[C@H]2C)CC1. The molecule has 2 aromatic rings. The second kappa shape index (κ2) is 9.24. The van der Waals surface area contributed by atoms with E-state index in [2.05, 4.69) is 26.8 Å². The standard InChI is InChI=1S/C23H29F3N6O/c1-15-13-31(20-5-4-18(12-27-20)23(24,25)26)10-11-32(15)19-6-8-30(9-7-19)22(33)21-16(2)28-14-29-17(21)3/h4-5,12,14-15,19H,6-11,13H2,1-3H3/t15-/m1/s1. The van der Waals surface area contributed by atoms with E-state index in [0.717, 1.165) is 31.6 Å². The van der Waals surface area contributed by atoms with E-state index in [0.29, 0.717) is 55.0 Å². The number of anilines is 1. The van der Waals surface area contributed by atoms with Crippen molar-refractivity contribution in [3.8, 4) is 0 Å². The van der Waals surface area contributed by atoms with Crippen molar-refractivity contribution in [3.63, 3.8) is 0 Å². The van der Waals surface area contributed by atoms with Crippen LogP contribution in [0.3, 0.4) is 0 Å². The second-order valence-electron chi connectivity index (χ2n) is 8.88. The summed E-state index contributed by atoms with van der Waals surface area (Å²) in [4.78, 5) is 31.8. The third-order valence-corrected chi connectivity index (χ3v) is 6.74. The van der Waals surface area contributed by atoms with Crippen LogP contribution in [0.25, 0.3) is 0 Å². The van der Waals surface area contributed by atoms with Gasteiger partial charge in [-0.25, -0.2) is 15.0 Å². The van der Waals surface area contributed by atoms with Gasteiger partial charge in [-0.1, -0.05) is 0 Å². The lowest BCUT2D eigenvalue weighted by Crippen LogP contribution is -2.58. The number of pyridine rings is 1. The van der Waals surface area contributed by atoms with E-state index in [4.69, 9.17) is 0 Å². The fraction of sp³-hybridized carbons (Fsp3) is 0.565. The molecule has 0 aromatic carbocycles. The van der Waals surface area contributed by atoms with Gasteiger partial charge in [-0.15, -0.1) is 0 Å². The molecule has 0 unspecified atom stereocenters. The van der Waals surface area contributed by atoms with Crippen LogP contribution in [0.1, 0.15) is 47.1 Å². The van der Waals surface area contributed by atoms with Gasteiger partial charge in [-0.3, -0.25) is 9.69 Å². The maximum Gasteiger partial charge on any atom is 0.417 e. The van der Waals surface area contributed by atoms with Crippen molar-refractivity contribution in [1.82, 2.24) is 24.8 Å². The number of hydrogen-bond acceptors (Lipinski definition) is 6. The number of aromatic nitrogens is 3. The van der Waals surface area contributed by atoms with Crippen molar-refractivity contribution in [1.29, 1.82) is 0 Å². The van der Waals surface area contributed by atoms with Crippen LogP contribution in [0.2, 0.25) is 0 Å². The Kier molecular flexibility index (Phi) is 6.56. The highest BCUT2D eigenvalue weighted by molar-refractivity contribution is 5.96. The number of carbonyl (C=O) groups is 1. The third-order valence-electron chi connectivity index (χ3n) is 6.74. The van der Waals surface area contributed by atoms with Crippen molar-refractivity contribution in [2.45, 2.75) is 51.9 Å². The summed E-state index contributed by atoms with van der Waals surface area (Å²) >= 11 is 0. The number of carbonyl (C=O) groups excluding carboxylic acids is 1. The number of amides is 1. The molecule has 4 heterocycles. The molecule has 0 spiro atoms. The monoisotopic (exact) mass is 462 g/mol. The molecule has 0 bridgehead atoms. The first kappa shape index (κ1) is 23.4. The molecule has 4 rings (SSSR count). The van der Waals surface area contributed by atoms with Crippen molar-refractivity contribution < 1.29 is 18.0 Å². The van der Waals surface area contributed by atoms with E-state index >= 15 is 0 Å². The molecule has 10 heteroatoms. The lowest BCUT2D eigenvalue weighted by Gasteiger charge is -2.46. The second-order valence-corrected chi connectivity index (χ2v) is 8.88. The van der Waals surface area contributed by atoms with Crippen LogP contribution in [0.15, 0.2) is 24.7 Å². The van der Waals surface area contributed by atoms with E-state index in [1.807, 2.05) is 23.6 Å². The molecule has 1 amide bonds. The first-order valence-electron chi connectivity index (χ1n) is 11.3. The molecule has 178 valence electrons. The number of nitrogens with zero attached hydrogens (tertiary/aromatic N) is 6. The Morgan fingerprint density at radius 2 is 1.67 bits per heavy atom. The van der Waals surface area contributed by atoms with Gasteiger partial charge in [0.2, 0.25) is 0 Å². The Morgan fingerprint density at radius 3 is 2.21 bits per heavy atom. The quantitative estimate of drug-likeness (QED) is 0.697. The Hall–Kier alpha value is -2.75. The van der Waals surface area contributed by atoms with E-state index in [1.54, 1.807) is 0 Å². The molecule has 2 aliphatic rings. The minimum Gasteiger partial charge on any atom is -0.354 e. The number of piperazine rings is 1. The minimum atomic E-state index is -4.38. The summed E-state index contributed by atoms with van der Waals surface area (Å²) < 4.78 is 38.4. The Labute approximate surface area is 191 Å². The Bertz CT molecular complexity index is 968. The Balaban J connectivity index is 1.33. The molecule has 0 radical (unpaired) electrons. The number of likely N-dealkylation sites (tertiary alicyclic amines) is 1. The van der Waals surface area contributed by atoms with Crippen molar-refractivity contribution in [3.05, 3.63) is 47.2 Å². The molecule has 2 aromatic heterocycles. The maximum absolute atomic E-state index is 13.0. The Morgan fingerprint density at radius 1 is 1.00 bits per heavy atom. The van der Waals surface area contributed by atoms with E-state index < -0.39 is 11.7 Å². The average Bonchev–Trinajstić information content (AvgIpc) is 2.78. The van der Waals surface area contributed by atoms with Gasteiger partial charge in [0.05, 0.1) is 22.5 Å². The number of piperidine rings is 1. The van der Waals surface area contributed by atoms with Gasteiger partial charge in [-0.05, 0) is 45.7 Å². The number of rotatable bonds is 3. The van der Waals surface area contributed by atoms with Crippen LogP contribution in [0.5, 0.6) is 0 Å². The zero-order chi connectivity index (χ0) is 23.8. The zero-order valence-corrected chi connectivity index (χ0v) is 19.1. The molecule has 2 aliphatic heterocycles. The molecule has 0 aliphatic carbocycles. The highest BCUT2D eigenvalue weighted by atomic mass is 19.4. The van der Waals surface area contributed by atoms with Crippen molar-refractivity contribution in [2.75, 3.05) is 37.6 Å². The first-order chi connectivity index (χ1) is 15.6. The molecule has 7 nitrogen and oxygen atoms in total. The van der Waals surface area contributed by atoms with Crippen LogP contribution in [0, 0.1) is 13.8 Å².